The molecule has 0 unspecified atom stereocenters. The molecule has 3 heterocycles. The molecule has 0 fully saturated rings. The Morgan fingerprint density at radius 3 is 2.76 bits per heavy atom. The lowest BCUT2D eigenvalue weighted by molar-refractivity contribution is -0.116. The highest BCUT2D eigenvalue weighted by Gasteiger charge is 2.17. The van der Waals surface area contributed by atoms with Gasteiger partial charge in [0.25, 0.3) is 5.56 Å². The van der Waals surface area contributed by atoms with E-state index in [1.807, 2.05) is 6.07 Å². The minimum absolute atomic E-state index is 0.167. The number of para-hydroxylation sites is 1. The number of rotatable bonds is 5. The number of carbonyl (C=O) groups is 2. The van der Waals surface area contributed by atoms with Crippen molar-refractivity contribution in [3.8, 4) is 22.8 Å². The molecule has 0 atom stereocenters. The van der Waals surface area contributed by atoms with Gasteiger partial charge < -0.3 is 24.1 Å². The summed E-state index contributed by atoms with van der Waals surface area (Å²) in [4.78, 5) is 37.5. The van der Waals surface area contributed by atoms with E-state index in [0.29, 0.717) is 28.4 Å². The van der Waals surface area contributed by atoms with E-state index in [2.05, 4.69) is 10.4 Å². The molecule has 10 nitrogen and oxygen atoms in total. The molecule has 2 aromatic heterocycles. The standard InChI is InChI=1S/C23H18N4O6/c1-31-23(30)15-4-2-3-5-16(15)24-21(28)12-26-8-9-27-18(22(26)29)11-17(25-27)14-6-7-19-20(10-14)33-13-32-19/h2-11H,12-13H2,1H3,(H,24,28). The predicted molar refractivity (Wildman–Crippen MR) is 117 cm³/mol. The molecular formula is C23H18N4O6. The van der Waals surface area contributed by atoms with Crippen molar-refractivity contribution in [3.05, 3.63) is 76.8 Å². The third-order valence-electron chi connectivity index (χ3n) is 5.19. The summed E-state index contributed by atoms with van der Waals surface area (Å²) in [6.07, 6.45) is 3.08. The molecule has 166 valence electrons. The van der Waals surface area contributed by atoms with Gasteiger partial charge in [0.05, 0.1) is 24.1 Å². The Balaban J connectivity index is 1.40. The van der Waals surface area contributed by atoms with Gasteiger partial charge in [-0.25, -0.2) is 9.31 Å². The maximum absolute atomic E-state index is 13.0. The van der Waals surface area contributed by atoms with Crippen molar-refractivity contribution in [3.63, 3.8) is 0 Å². The first-order valence-electron chi connectivity index (χ1n) is 9.99. The number of anilines is 1. The molecule has 0 spiro atoms. The largest absolute Gasteiger partial charge is 0.465 e. The minimum Gasteiger partial charge on any atom is -0.465 e. The lowest BCUT2D eigenvalue weighted by Gasteiger charge is -2.10. The van der Waals surface area contributed by atoms with Crippen molar-refractivity contribution < 1.29 is 23.8 Å². The zero-order valence-corrected chi connectivity index (χ0v) is 17.5. The number of amides is 1. The van der Waals surface area contributed by atoms with Gasteiger partial charge in [-0.2, -0.15) is 5.10 Å². The van der Waals surface area contributed by atoms with Crippen molar-refractivity contribution in [2.24, 2.45) is 0 Å². The van der Waals surface area contributed by atoms with Crippen LogP contribution in [0.25, 0.3) is 16.8 Å². The molecule has 4 aromatic rings. The van der Waals surface area contributed by atoms with Crippen LogP contribution in [0.1, 0.15) is 10.4 Å². The van der Waals surface area contributed by atoms with Crippen LogP contribution in [-0.4, -0.2) is 40.0 Å². The first-order chi connectivity index (χ1) is 16.0. The normalized spacial score (nSPS) is 12.0. The Kier molecular flexibility index (Phi) is 5.02. The van der Waals surface area contributed by atoms with Crippen molar-refractivity contribution in [1.29, 1.82) is 0 Å². The van der Waals surface area contributed by atoms with E-state index in [4.69, 9.17) is 14.2 Å². The van der Waals surface area contributed by atoms with Crippen molar-refractivity contribution >= 4 is 23.1 Å². The zero-order chi connectivity index (χ0) is 22.9. The lowest BCUT2D eigenvalue weighted by atomic mass is 10.1. The van der Waals surface area contributed by atoms with Crippen LogP contribution >= 0.6 is 0 Å². The summed E-state index contributed by atoms with van der Waals surface area (Å²) in [5.74, 6) is 0.239. The predicted octanol–water partition coefficient (Wildman–Crippen LogP) is 2.32. The van der Waals surface area contributed by atoms with Gasteiger partial charge in [0.2, 0.25) is 12.7 Å². The number of carbonyl (C=O) groups excluding carboxylic acids is 2. The van der Waals surface area contributed by atoms with E-state index in [0.717, 1.165) is 5.56 Å². The van der Waals surface area contributed by atoms with Crippen LogP contribution in [0, 0.1) is 0 Å². The fraction of sp³-hybridized carbons (Fsp3) is 0.130. The lowest BCUT2D eigenvalue weighted by Crippen LogP contribution is -2.28. The van der Waals surface area contributed by atoms with Crippen molar-refractivity contribution in [2.45, 2.75) is 6.54 Å². The topological polar surface area (TPSA) is 113 Å². The highest BCUT2D eigenvalue weighted by molar-refractivity contribution is 6.01. The highest BCUT2D eigenvalue weighted by atomic mass is 16.7. The summed E-state index contributed by atoms with van der Waals surface area (Å²) in [6.45, 7) is -0.0732. The third kappa shape index (κ3) is 3.78. The summed E-state index contributed by atoms with van der Waals surface area (Å²) in [5, 5.41) is 7.11. The molecular weight excluding hydrogens is 428 g/mol. The van der Waals surface area contributed by atoms with Crippen LogP contribution in [0.15, 0.2) is 65.7 Å². The molecule has 1 aliphatic rings. The highest BCUT2D eigenvalue weighted by Crippen LogP contribution is 2.35. The Hall–Kier alpha value is -4.60. The number of hydrogen-bond acceptors (Lipinski definition) is 7. The van der Waals surface area contributed by atoms with Crippen LogP contribution in [0.4, 0.5) is 5.69 Å². The fourth-order valence-electron chi connectivity index (χ4n) is 3.57. The molecule has 0 radical (unpaired) electrons. The second-order valence-corrected chi connectivity index (χ2v) is 7.24. The molecule has 5 rings (SSSR count). The molecule has 1 amide bonds. The average molecular weight is 446 g/mol. The van der Waals surface area contributed by atoms with Crippen molar-refractivity contribution in [2.75, 3.05) is 19.2 Å². The summed E-state index contributed by atoms with van der Waals surface area (Å²) < 4.78 is 18.2. The van der Waals surface area contributed by atoms with E-state index < -0.39 is 11.9 Å². The Morgan fingerprint density at radius 2 is 1.91 bits per heavy atom. The molecule has 1 aliphatic heterocycles. The minimum atomic E-state index is -0.570. The molecule has 0 saturated heterocycles. The number of nitrogens with zero attached hydrogens (tertiary/aromatic N) is 3. The van der Waals surface area contributed by atoms with Gasteiger partial charge in [-0.1, -0.05) is 12.1 Å². The summed E-state index contributed by atoms with van der Waals surface area (Å²) in [7, 11) is 1.26. The van der Waals surface area contributed by atoms with Gasteiger partial charge in [-0.05, 0) is 36.4 Å². The van der Waals surface area contributed by atoms with E-state index in [1.54, 1.807) is 48.7 Å². The molecule has 0 aliphatic carbocycles. The number of nitrogens with one attached hydrogen (secondary N) is 1. The molecule has 1 N–H and O–H groups in total. The fourth-order valence-corrected chi connectivity index (χ4v) is 3.57. The van der Waals surface area contributed by atoms with Gasteiger partial charge in [0.15, 0.2) is 11.5 Å². The van der Waals surface area contributed by atoms with E-state index in [9.17, 15) is 14.4 Å². The zero-order valence-electron chi connectivity index (χ0n) is 17.5. The van der Waals surface area contributed by atoms with Crippen LogP contribution < -0.4 is 20.3 Å². The second-order valence-electron chi connectivity index (χ2n) is 7.24. The van der Waals surface area contributed by atoms with E-state index in [-0.39, 0.29) is 24.5 Å². The number of fused-ring (bicyclic) bond motifs is 2. The number of methoxy groups -OCH3 is 1. The summed E-state index contributed by atoms with van der Waals surface area (Å²) in [5.41, 5.74) is 1.81. The molecule has 2 aromatic carbocycles. The Morgan fingerprint density at radius 1 is 1.09 bits per heavy atom. The van der Waals surface area contributed by atoms with Crippen LogP contribution in [0.5, 0.6) is 11.5 Å². The Labute approximate surface area is 186 Å². The van der Waals surface area contributed by atoms with Gasteiger partial charge in [0, 0.05) is 18.0 Å². The van der Waals surface area contributed by atoms with Gasteiger partial charge in [0.1, 0.15) is 12.1 Å². The van der Waals surface area contributed by atoms with Crippen LogP contribution in [-0.2, 0) is 16.1 Å². The maximum Gasteiger partial charge on any atom is 0.339 e. The van der Waals surface area contributed by atoms with E-state index >= 15 is 0 Å². The number of esters is 1. The average Bonchev–Trinajstić information content (AvgIpc) is 3.47. The van der Waals surface area contributed by atoms with Gasteiger partial charge >= 0.3 is 5.97 Å². The van der Waals surface area contributed by atoms with Crippen molar-refractivity contribution in [1.82, 2.24) is 14.2 Å². The van der Waals surface area contributed by atoms with E-state index in [1.165, 1.54) is 22.4 Å². The number of aromatic nitrogens is 3. The molecule has 33 heavy (non-hydrogen) atoms. The van der Waals surface area contributed by atoms with Crippen LogP contribution in [0.2, 0.25) is 0 Å². The smallest absolute Gasteiger partial charge is 0.339 e. The molecule has 0 saturated carbocycles. The summed E-state index contributed by atoms with van der Waals surface area (Å²) in [6, 6.07) is 13.6. The number of ether oxygens (including phenoxy) is 3. The monoisotopic (exact) mass is 446 g/mol. The SMILES string of the molecule is COC(=O)c1ccccc1NC(=O)Cn1ccn2nc(-c3ccc4c(c3)OCO4)cc2c1=O. The first-order valence-corrected chi connectivity index (χ1v) is 9.99. The number of hydrogen-bond donors (Lipinski definition) is 1. The van der Waals surface area contributed by atoms with Gasteiger partial charge in [-0.15, -0.1) is 0 Å². The molecule has 0 bridgehead atoms. The second kappa shape index (κ2) is 8.15. The molecule has 10 heteroatoms. The maximum atomic E-state index is 13.0. The number of benzene rings is 2. The Bertz CT molecular complexity index is 1460. The summed E-state index contributed by atoms with van der Waals surface area (Å²) >= 11 is 0. The third-order valence-corrected chi connectivity index (χ3v) is 5.19. The quantitative estimate of drug-likeness (QED) is 0.468. The van der Waals surface area contributed by atoms with Gasteiger partial charge in [-0.3, -0.25) is 9.59 Å². The first kappa shape index (κ1) is 20.3. The van der Waals surface area contributed by atoms with Crippen LogP contribution in [0.3, 0.4) is 0 Å².